The number of imide groups is 1. The molecule has 0 bridgehead atoms. The minimum atomic E-state index is -0.441. The van der Waals surface area contributed by atoms with E-state index in [9.17, 15) is 9.59 Å². The summed E-state index contributed by atoms with van der Waals surface area (Å²) in [5, 5.41) is 3.17. The third kappa shape index (κ3) is 3.95. The quantitative estimate of drug-likeness (QED) is 0.548. The molecule has 1 N–H and O–H groups in total. The third-order valence-corrected chi connectivity index (χ3v) is 5.18. The summed E-state index contributed by atoms with van der Waals surface area (Å²) in [5.41, 5.74) is 3.35. The van der Waals surface area contributed by atoms with Crippen LogP contribution in [0.3, 0.4) is 0 Å². The van der Waals surface area contributed by atoms with Crippen molar-refractivity contribution in [2.24, 2.45) is 0 Å². The lowest BCUT2D eigenvalue weighted by atomic mass is 10.0. The number of carbonyl (C=O) groups excluding carboxylic acids is 2. The van der Waals surface area contributed by atoms with Gasteiger partial charge < -0.3 is 14.8 Å². The molecule has 162 valence electrons. The molecule has 2 amide bonds. The molecule has 3 aromatic carbocycles. The van der Waals surface area contributed by atoms with Crippen molar-refractivity contribution in [2.75, 3.05) is 23.9 Å². The van der Waals surface area contributed by atoms with E-state index in [1.54, 1.807) is 48.5 Å². The van der Waals surface area contributed by atoms with Gasteiger partial charge in [0.1, 0.15) is 17.2 Å². The van der Waals surface area contributed by atoms with Gasteiger partial charge in [-0.1, -0.05) is 42.0 Å². The van der Waals surface area contributed by atoms with Gasteiger partial charge in [-0.3, -0.25) is 9.59 Å². The maximum absolute atomic E-state index is 13.6. The third-order valence-electron chi connectivity index (χ3n) is 5.18. The van der Waals surface area contributed by atoms with Gasteiger partial charge in [0.15, 0.2) is 0 Å². The number of nitrogens with one attached hydrogen (secondary N) is 1. The lowest BCUT2D eigenvalue weighted by Crippen LogP contribution is -2.32. The molecule has 0 atom stereocenters. The van der Waals surface area contributed by atoms with Crippen LogP contribution in [0.4, 0.5) is 11.4 Å². The van der Waals surface area contributed by atoms with Crippen LogP contribution in [-0.2, 0) is 9.59 Å². The van der Waals surface area contributed by atoms with Crippen LogP contribution in [-0.4, -0.2) is 25.5 Å². The molecule has 3 aromatic rings. The maximum Gasteiger partial charge on any atom is 0.282 e. The van der Waals surface area contributed by atoms with Crippen molar-refractivity contribution in [2.45, 2.75) is 13.8 Å². The van der Waals surface area contributed by atoms with E-state index in [4.69, 9.17) is 9.47 Å². The Hall–Kier alpha value is -4.06. The topological polar surface area (TPSA) is 67.9 Å². The van der Waals surface area contributed by atoms with Crippen molar-refractivity contribution in [1.29, 1.82) is 0 Å². The summed E-state index contributed by atoms with van der Waals surface area (Å²) in [4.78, 5) is 28.2. The minimum absolute atomic E-state index is 0.217. The molecule has 0 aliphatic carbocycles. The van der Waals surface area contributed by atoms with Crippen molar-refractivity contribution >= 4 is 28.8 Å². The molecule has 6 nitrogen and oxygen atoms in total. The number of para-hydroxylation sites is 2. The van der Waals surface area contributed by atoms with Gasteiger partial charge >= 0.3 is 0 Å². The number of benzene rings is 3. The van der Waals surface area contributed by atoms with Crippen molar-refractivity contribution in [1.82, 2.24) is 0 Å². The highest BCUT2D eigenvalue weighted by atomic mass is 16.5. The number of hydrogen-bond acceptors (Lipinski definition) is 5. The number of hydrogen-bond donors (Lipinski definition) is 1. The highest BCUT2D eigenvalue weighted by molar-refractivity contribution is 6.46. The normalized spacial score (nSPS) is 13.5. The van der Waals surface area contributed by atoms with Crippen molar-refractivity contribution in [3.05, 3.63) is 89.6 Å². The van der Waals surface area contributed by atoms with Crippen LogP contribution >= 0.6 is 0 Å². The van der Waals surface area contributed by atoms with Crippen LogP contribution in [0.5, 0.6) is 11.5 Å². The molecule has 0 unspecified atom stereocenters. The molecule has 32 heavy (non-hydrogen) atoms. The first-order chi connectivity index (χ1) is 15.5. The highest BCUT2D eigenvalue weighted by Crippen LogP contribution is 2.38. The van der Waals surface area contributed by atoms with E-state index >= 15 is 0 Å². The molecule has 1 aliphatic rings. The number of methoxy groups -OCH3 is 1. The maximum atomic E-state index is 13.6. The van der Waals surface area contributed by atoms with Crippen LogP contribution in [0.25, 0.3) is 5.57 Å². The molecule has 0 aromatic heterocycles. The number of carbonyl (C=O) groups is 2. The van der Waals surface area contributed by atoms with E-state index in [-0.39, 0.29) is 5.70 Å². The van der Waals surface area contributed by atoms with E-state index in [1.807, 2.05) is 38.1 Å². The van der Waals surface area contributed by atoms with E-state index in [0.29, 0.717) is 34.9 Å². The van der Waals surface area contributed by atoms with E-state index < -0.39 is 11.8 Å². The van der Waals surface area contributed by atoms with Gasteiger partial charge in [-0.25, -0.2) is 4.90 Å². The molecule has 0 radical (unpaired) electrons. The van der Waals surface area contributed by atoms with Crippen molar-refractivity contribution in [3.8, 4) is 11.5 Å². The Bertz CT molecular complexity index is 1180. The highest BCUT2D eigenvalue weighted by Gasteiger charge is 2.41. The Balaban J connectivity index is 1.80. The first-order valence-electron chi connectivity index (χ1n) is 10.4. The van der Waals surface area contributed by atoms with Gasteiger partial charge in [0.05, 0.1) is 25.0 Å². The fraction of sp³-hybridized carbons (Fsp3) is 0.154. The molecule has 0 saturated carbocycles. The van der Waals surface area contributed by atoms with Gasteiger partial charge in [0.2, 0.25) is 0 Å². The Labute approximate surface area is 187 Å². The summed E-state index contributed by atoms with van der Waals surface area (Å²) in [6.07, 6.45) is 0. The first kappa shape index (κ1) is 21.2. The Morgan fingerprint density at radius 1 is 0.875 bits per heavy atom. The first-order valence-corrected chi connectivity index (χ1v) is 10.4. The fourth-order valence-electron chi connectivity index (χ4n) is 3.61. The second-order valence-corrected chi connectivity index (χ2v) is 7.32. The predicted molar refractivity (Wildman–Crippen MR) is 125 cm³/mol. The van der Waals surface area contributed by atoms with Crippen LogP contribution in [0, 0.1) is 6.92 Å². The summed E-state index contributed by atoms with van der Waals surface area (Å²) in [6.45, 7) is 4.44. The van der Waals surface area contributed by atoms with Crippen LogP contribution < -0.4 is 19.7 Å². The smallest absolute Gasteiger partial charge is 0.282 e. The predicted octanol–water partition coefficient (Wildman–Crippen LogP) is 4.80. The number of aryl methyl sites for hydroxylation is 1. The number of anilines is 2. The summed E-state index contributed by atoms with van der Waals surface area (Å²) >= 11 is 0. The summed E-state index contributed by atoms with van der Waals surface area (Å²) < 4.78 is 10.9. The molecule has 0 fully saturated rings. The zero-order valence-corrected chi connectivity index (χ0v) is 18.2. The number of nitrogens with zero attached hydrogens (tertiary/aromatic N) is 1. The number of amides is 2. The summed E-state index contributed by atoms with van der Waals surface area (Å²) in [6, 6.07) is 21.8. The van der Waals surface area contributed by atoms with Gasteiger partial charge in [0, 0.05) is 5.69 Å². The second kappa shape index (κ2) is 8.98. The van der Waals surface area contributed by atoms with Gasteiger partial charge in [0.25, 0.3) is 11.8 Å². The average molecular weight is 428 g/mol. The van der Waals surface area contributed by atoms with Crippen LogP contribution in [0.1, 0.15) is 18.1 Å². The van der Waals surface area contributed by atoms with E-state index in [1.165, 1.54) is 7.11 Å². The van der Waals surface area contributed by atoms with E-state index in [0.717, 1.165) is 16.2 Å². The monoisotopic (exact) mass is 428 g/mol. The lowest BCUT2D eigenvalue weighted by molar-refractivity contribution is -0.120. The molecule has 6 heteroatoms. The Morgan fingerprint density at radius 3 is 2.22 bits per heavy atom. The SMILES string of the molecule is CCOc1ccc(C2=C(Nc3ccc(C)cc3)C(=O)N(c3ccccc3OC)C2=O)cc1. The summed E-state index contributed by atoms with van der Waals surface area (Å²) in [5.74, 6) is 0.280. The molecular formula is C26H24N2O4. The van der Waals surface area contributed by atoms with Crippen molar-refractivity contribution in [3.63, 3.8) is 0 Å². The molecule has 0 saturated heterocycles. The second-order valence-electron chi connectivity index (χ2n) is 7.32. The zero-order valence-electron chi connectivity index (χ0n) is 18.2. The van der Waals surface area contributed by atoms with Gasteiger partial charge in [-0.05, 0) is 55.8 Å². The lowest BCUT2D eigenvalue weighted by Gasteiger charge is -2.18. The average Bonchev–Trinajstić information content (AvgIpc) is 3.05. The fourth-order valence-corrected chi connectivity index (χ4v) is 3.61. The van der Waals surface area contributed by atoms with Crippen LogP contribution in [0.2, 0.25) is 0 Å². The summed E-state index contributed by atoms with van der Waals surface area (Å²) in [7, 11) is 1.51. The van der Waals surface area contributed by atoms with Crippen molar-refractivity contribution < 1.29 is 19.1 Å². The van der Waals surface area contributed by atoms with Crippen LogP contribution in [0.15, 0.2) is 78.5 Å². The Morgan fingerprint density at radius 2 is 1.56 bits per heavy atom. The standard InChI is InChI=1S/C26H24N2O4/c1-4-32-20-15-11-18(12-16-20)23-24(27-19-13-9-17(2)10-14-19)26(30)28(25(23)29)21-7-5-6-8-22(21)31-3/h5-16,27H,4H2,1-3H3. The molecule has 4 rings (SSSR count). The minimum Gasteiger partial charge on any atom is -0.495 e. The molecular weight excluding hydrogens is 404 g/mol. The zero-order chi connectivity index (χ0) is 22.7. The largest absolute Gasteiger partial charge is 0.495 e. The van der Waals surface area contributed by atoms with Gasteiger partial charge in [-0.15, -0.1) is 0 Å². The van der Waals surface area contributed by atoms with Gasteiger partial charge in [-0.2, -0.15) is 0 Å². The molecule has 1 aliphatic heterocycles. The molecule has 0 spiro atoms. The number of ether oxygens (including phenoxy) is 2. The number of rotatable bonds is 7. The van der Waals surface area contributed by atoms with E-state index in [2.05, 4.69) is 5.32 Å². The molecule has 1 heterocycles. The Kier molecular flexibility index (Phi) is 5.94.